The number of carbonyl (C=O) groups is 5. The molecule has 3 rings (SSSR count). The maximum Gasteiger partial charge on any atom is 0.251 e. The van der Waals surface area contributed by atoms with Crippen LogP contribution in [-0.2, 0) is 29.2 Å². The van der Waals surface area contributed by atoms with Gasteiger partial charge in [0, 0.05) is 12.1 Å². The van der Waals surface area contributed by atoms with E-state index >= 15 is 0 Å². The molecule has 0 saturated carbocycles. The van der Waals surface area contributed by atoms with E-state index in [4.69, 9.17) is 0 Å². The molecule has 0 unspecified atom stereocenters. The highest BCUT2D eigenvalue weighted by Crippen LogP contribution is 2.21. The van der Waals surface area contributed by atoms with Gasteiger partial charge in [0.25, 0.3) is 5.91 Å². The normalized spacial score (nSPS) is 17.1. The van der Waals surface area contributed by atoms with Crippen molar-refractivity contribution in [2.75, 3.05) is 12.8 Å². The Kier molecular flexibility index (Phi) is 9.21. The van der Waals surface area contributed by atoms with E-state index in [1.807, 2.05) is 30.3 Å². The van der Waals surface area contributed by atoms with Gasteiger partial charge in [-0.25, -0.2) is 8.42 Å². The summed E-state index contributed by atoms with van der Waals surface area (Å²) < 4.78 is 24.2. The van der Waals surface area contributed by atoms with Gasteiger partial charge in [-0.2, -0.15) is 0 Å². The average Bonchev–Trinajstić information content (AvgIpc) is 3.35. The van der Waals surface area contributed by atoms with Gasteiger partial charge in [0.2, 0.25) is 27.7 Å². The zero-order valence-corrected chi connectivity index (χ0v) is 22.3. The summed E-state index contributed by atoms with van der Waals surface area (Å²) in [4.78, 5) is 64.2. The molecule has 1 saturated heterocycles. The molecule has 3 N–H and O–H groups in total. The van der Waals surface area contributed by atoms with Crippen LogP contribution >= 0.6 is 0 Å². The van der Waals surface area contributed by atoms with Gasteiger partial charge in [0.1, 0.15) is 18.4 Å². The van der Waals surface area contributed by atoms with Gasteiger partial charge in [0.15, 0.2) is 0 Å². The van der Waals surface area contributed by atoms with E-state index in [0.717, 1.165) is 17.0 Å². The molecule has 0 aromatic heterocycles. The van der Waals surface area contributed by atoms with Crippen molar-refractivity contribution < 1.29 is 32.4 Å². The molecule has 0 aliphatic carbocycles. The molecule has 1 aliphatic heterocycles. The van der Waals surface area contributed by atoms with Gasteiger partial charge in [-0.15, -0.1) is 0 Å². The molecule has 2 aromatic rings. The van der Waals surface area contributed by atoms with Crippen molar-refractivity contribution in [3.63, 3.8) is 0 Å². The van der Waals surface area contributed by atoms with Crippen LogP contribution in [0.2, 0.25) is 0 Å². The number of amides is 4. The van der Waals surface area contributed by atoms with Crippen molar-refractivity contribution in [2.24, 2.45) is 5.92 Å². The largest absolute Gasteiger partial charge is 0.344 e. The third-order valence-electron chi connectivity index (χ3n) is 6.27. The molecule has 1 aliphatic rings. The van der Waals surface area contributed by atoms with E-state index in [2.05, 4.69) is 10.6 Å². The number of sulfonamides is 1. The van der Waals surface area contributed by atoms with Gasteiger partial charge in [-0.3, -0.25) is 23.9 Å². The molecule has 0 spiro atoms. The third-order valence-corrected chi connectivity index (χ3v) is 6.86. The summed E-state index contributed by atoms with van der Waals surface area (Å²) in [6, 6.07) is 9.80. The molecule has 1 heterocycles. The summed E-state index contributed by atoms with van der Waals surface area (Å²) in [5.41, 5.74) is 0.402. The molecule has 0 bridgehead atoms. The van der Waals surface area contributed by atoms with Gasteiger partial charge < -0.3 is 20.3 Å². The number of hydrogen-bond acceptors (Lipinski definition) is 7. The molecular formula is C26H32N4O7S. The molecule has 11 nitrogen and oxygen atoms in total. The summed E-state index contributed by atoms with van der Waals surface area (Å²) in [5, 5.41) is 7.09. The first kappa shape index (κ1) is 28.8. The first-order chi connectivity index (χ1) is 17.9. The molecule has 12 heteroatoms. The van der Waals surface area contributed by atoms with E-state index in [1.54, 1.807) is 30.7 Å². The van der Waals surface area contributed by atoms with E-state index in [-0.39, 0.29) is 12.5 Å². The van der Waals surface area contributed by atoms with Crippen molar-refractivity contribution in [2.45, 2.75) is 51.2 Å². The zero-order chi connectivity index (χ0) is 28.0. The minimum Gasteiger partial charge on any atom is -0.344 e. The maximum absolute atomic E-state index is 13.5. The van der Waals surface area contributed by atoms with Crippen LogP contribution in [0.25, 0.3) is 10.8 Å². The number of aldehydes is 1. The van der Waals surface area contributed by atoms with Crippen molar-refractivity contribution >= 4 is 50.7 Å². The molecule has 0 radical (unpaired) electrons. The number of likely N-dealkylation sites (tertiary alicyclic amines) is 1. The topological polar surface area (TPSA) is 159 Å². The second-order valence-electron chi connectivity index (χ2n) is 9.70. The molecule has 3 atom stereocenters. The molecule has 2 aromatic carbocycles. The first-order valence-corrected chi connectivity index (χ1v) is 14.1. The number of carbonyl (C=O) groups excluding carboxylic acids is 5. The van der Waals surface area contributed by atoms with Crippen molar-refractivity contribution in [3.05, 3.63) is 48.0 Å². The van der Waals surface area contributed by atoms with Crippen LogP contribution < -0.4 is 15.4 Å². The third kappa shape index (κ3) is 7.37. The summed E-state index contributed by atoms with van der Waals surface area (Å²) in [6.07, 6.45) is 1.43. The van der Waals surface area contributed by atoms with E-state index in [1.165, 1.54) is 4.90 Å². The van der Waals surface area contributed by atoms with Crippen LogP contribution in [0.4, 0.5) is 0 Å². The molecule has 204 valence electrons. The summed E-state index contributed by atoms with van der Waals surface area (Å²) in [5.74, 6) is -2.70. The maximum atomic E-state index is 13.5. The van der Waals surface area contributed by atoms with Gasteiger partial charge >= 0.3 is 0 Å². The Morgan fingerprint density at radius 1 is 1.05 bits per heavy atom. The minimum atomic E-state index is -3.82. The Bertz CT molecular complexity index is 1340. The molecule has 38 heavy (non-hydrogen) atoms. The number of rotatable bonds is 10. The lowest BCUT2D eigenvalue weighted by atomic mass is 10.0. The Balaban J connectivity index is 1.69. The second kappa shape index (κ2) is 12.2. The van der Waals surface area contributed by atoms with Crippen molar-refractivity contribution in [3.8, 4) is 0 Å². The van der Waals surface area contributed by atoms with E-state index in [0.29, 0.717) is 24.7 Å². The van der Waals surface area contributed by atoms with Crippen LogP contribution in [0, 0.1) is 5.92 Å². The molecule has 1 fully saturated rings. The smallest absolute Gasteiger partial charge is 0.251 e. The second-order valence-corrected chi connectivity index (χ2v) is 11.4. The lowest BCUT2D eigenvalue weighted by Crippen LogP contribution is -2.56. The van der Waals surface area contributed by atoms with E-state index < -0.39 is 58.2 Å². The Morgan fingerprint density at radius 3 is 2.37 bits per heavy atom. The standard InChI is InChI=1S/C26H32N4O7S/c1-16(2)23(28-24(33)19-11-10-17-7-4-5-8-18(17)13-19)26(35)30-12-6-9-21(30)25(34)27-20(15-31)14-22(32)29-38(3,36)37/h4-5,7-8,10-11,13,15-16,20-21,23H,6,9,12,14H2,1-3H3,(H,27,34)(H,28,33)(H,29,32)/t20-,21+,23-/m0/s1. The fourth-order valence-corrected chi connectivity index (χ4v) is 4.91. The summed E-state index contributed by atoms with van der Waals surface area (Å²) in [7, 11) is -3.82. The fourth-order valence-electron chi connectivity index (χ4n) is 4.41. The number of nitrogens with one attached hydrogen (secondary N) is 3. The molecular weight excluding hydrogens is 512 g/mol. The average molecular weight is 545 g/mol. The van der Waals surface area contributed by atoms with Gasteiger partial charge in [0.05, 0.1) is 18.7 Å². The predicted molar refractivity (Wildman–Crippen MR) is 140 cm³/mol. The molecule has 4 amide bonds. The number of hydrogen-bond donors (Lipinski definition) is 3. The number of benzene rings is 2. The highest BCUT2D eigenvalue weighted by atomic mass is 32.2. The van der Waals surface area contributed by atoms with Crippen LogP contribution in [0.1, 0.15) is 43.5 Å². The zero-order valence-electron chi connectivity index (χ0n) is 21.5. The fraction of sp³-hybridized carbons (Fsp3) is 0.423. The Morgan fingerprint density at radius 2 is 1.74 bits per heavy atom. The Hall–Kier alpha value is -3.80. The van der Waals surface area contributed by atoms with Crippen LogP contribution in [-0.4, -0.2) is 74.2 Å². The van der Waals surface area contributed by atoms with Gasteiger partial charge in [-0.05, 0) is 41.7 Å². The van der Waals surface area contributed by atoms with Gasteiger partial charge in [-0.1, -0.05) is 44.2 Å². The van der Waals surface area contributed by atoms with Crippen LogP contribution in [0.15, 0.2) is 42.5 Å². The highest BCUT2D eigenvalue weighted by molar-refractivity contribution is 7.89. The highest BCUT2D eigenvalue weighted by Gasteiger charge is 2.39. The van der Waals surface area contributed by atoms with E-state index in [9.17, 15) is 32.4 Å². The van der Waals surface area contributed by atoms with Crippen LogP contribution in [0.3, 0.4) is 0 Å². The predicted octanol–water partition coefficient (Wildman–Crippen LogP) is 0.735. The minimum absolute atomic E-state index is 0.279. The monoisotopic (exact) mass is 544 g/mol. The lowest BCUT2D eigenvalue weighted by Gasteiger charge is -2.31. The quantitative estimate of drug-likeness (QED) is 0.372. The number of nitrogens with zero attached hydrogens (tertiary/aromatic N) is 1. The van der Waals surface area contributed by atoms with Crippen molar-refractivity contribution in [1.82, 2.24) is 20.3 Å². The Labute approximate surface area is 221 Å². The SMILES string of the molecule is CC(C)[C@H](NC(=O)c1ccc2ccccc2c1)C(=O)N1CCC[C@@H]1C(=O)N[C@H](C=O)CC(=O)NS(C)(=O)=O. The van der Waals surface area contributed by atoms with Crippen LogP contribution in [0.5, 0.6) is 0 Å². The lowest BCUT2D eigenvalue weighted by molar-refractivity contribution is -0.141. The first-order valence-electron chi connectivity index (χ1n) is 12.3. The summed E-state index contributed by atoms with van der Waals surface area (Å²) in [6.45, 7) is 3.86. The summed E-state index contributed by atoms with van der Waals surface area (Å²) >= 11 is 0. The number of fused-ring (bicyclic) bond motifs is 1. The van der Waals surface area contributed by atoms with Crippen molar-refractivity contribution in [1.29, 1.82) is 0 Å².